The molecule has 1 unspecified atom stereocenters. The Balaban J connectivity index is 1.58. The third-order valence-electron chi connectivity index (χ3n) is 3.56. The molecule has 0 radical (unpaired) electrons. The van der Waals surface area contributed by atoms with Gasteiger partial charge in [0.25, 0.3) is 5.91 Å². The first-order valence-corrected chi connectivity index (χ1v) is 8.82. The number of carbonyl (C=O) groups excluding carboxylic acids is 1. The molecule has 1 aliphatic heterocycles. The number of amidine groups is 1. The Kier molecular flexibility index (Phi) is 5.48. The molecule has 0 saturated carbocycles. The van der Waals surface area contributed by atoms with Gasteiger partial charge in [-0.15, -0.1) is 0 Å². The van der Waals surface area contributed by atoms with Gasteiger partial charge in [0, 0.05) is 24.7 Å². The second-order valence-corrected chi connectivity index (χ2v) is 6.32. The van der Waals surface area contributed by atoms with Gasteiger partial charge in [-0.25, -0.2) is 0 Å². The largest absolute Gasteiger partial charge is 0.481 e. The molecule has 0 spiro atoms. The van der Waals surface area contributed by atoms with Crippen molar-refractivity contribution in [2.75, 3.05) is 13.1 Å². The predicted octanol–water partition coefficient (Wildman–Crippen LogP) is 2.98. The van der Waals surface area contributed by atoms with Gasteiger partial charge in [0.1, 0.15) is 5.75 Å². The van der Waals surface area contributed by atoms with Gasteiger partial charge < -0.3 is 4.74 Å². The lowest BCUT2D eigenvalue weighted by Crippen LogP contribution is -2.41. The molecule has 5 nitrogen and oxygen atoms in total. The van der Waals surface area contributed by atoms with Crippen LogP contribution in [0.3, 0.4) is 0 Å². The van der Waals surface area contributed by atoms with Crippen LogP contribution in [0.25, 0.3) is 0 Å². The predicted molar refractivity (Wildman–Crippen MR) is 96.1 cm³/mol. The van der Waals surface area contributed by atoms with E-state index < -0.39 is 6.10 Å². The zero-order chi connectivity index (χ0) is 16.8. The van der Waals surface area contributed by atoms with Crippen LogP contribution in [0.5, 0.6) is 5.75 Å². The summed E-state index contributed by atoms with van der Waals surface area (Å²) >= 11 is 1.56. The molecule has 1 amide bonds. The number of amides is 1. The fourth-order valence-electron chi connectivity index (χ4n) is 2.36. The van der Waals surface area contributed by atoms with E-state index in [1.165, 1.54) is 0 Å². The van der Waals surface area contributed by atoms with Crippen LogP contribution >= 0.6 is 11.8 Å². The monoisotopic (exact) mass is 341 g/mol. The number of carbonyl (C=O) groups is 1. The number of rotatable bonds is 5. The van der Waals surface area contributed by atoms with Crippen molar-refractivity contribution in [2.24, 2.45) is 4.99 Å². The van der Waals surface area contributed by atoms with E-state index in [2.05, 4.69) is 9.98 Å². The first-order valence-electron chi connectivity index (χ1n) is 7.83. The molecule has 3 rings (SSSR count). The van der Waals surface area contributed by atoms with Crippen molar-refractivity contribution < 1.29 is 9.53 Å². The van der Waals surface area contributed by atoms with Crippen LogP contribution in [-0.2, 0) is 10.5 Å². The highest BCUT2D eigenvalue weighted by Crippen LogP contribution is 2.21. The molecule has 6 heteroatoms. The van der Waals surface area contributed by atoms with Crippen molar-refractivity contribution in [1.82, 2.24) is 9.88 Å². The molecule has 2 heterocycles. The Labute approximate surface area is 145 Å². The molecule has 124 valence electrons. The van der Waals surface area contributed by atoms with Gasteiger partial charge >= 0.3 is 0 Å². The molecule has 24 heavy (non-hydrogen) atoms. The molecule has 0 aliphatic carbocycles. The summed E-state index contributed by atoms with van der Waals surface area (Å²) in [5, 5.41) is 0.757. The minimum absolute atomic E-state index is 0.0613. The van der Waals surface area contributed by atoms with Gasteiger partial charge in [-0.3, -0.25) is 19.7 Å². The van der Waals surface area contributed by atoms with Gasteiger partial charge in [-0.05, 0) is 30.7 Å². The summed E-state index contributed by atoms with van der Waals surface area (Å²) in [6, 6.07) is 13.3. The summed E-state index contributed by atoms with van der Waals surface area (Å²) in [7, 11) is 0. The Morgan fingerprint density at radius 3 is 2.88 bits per heavy atom. The number of nitrogens with zero attached hydrogens (tertiary/aromatic N) is 3. The number of hydrogen-bond acceptors (Lipinski definition) is 5. The van der Waals surface area contributed by atoms with Crippen LogP contribution in [0.2, 0.25) is 0 Å². The highest BCUT2D eigenvalue weighted by atomic mass is 32.2. The van der Waals surface area contributed by atoms with Crippen molar-refractivity contribution in [3.8, 4) is 5.75 Å². The fraction of sp³-hybridized carbons (Fsp3) is 0.278. The summed E-state index contributed by atoms with van der Waals surface area (Å²) < 4.78 is 5.73. The van der Waals surface area contributed by atoms with E-state index in [1.54, 1.807) is 29.8 Å². The number of thioether (sulfide) groups is 1. The molecule has 1 aliphatic rings. The maximum Gasteiger partial charge on any atom is 0.269 e. The molecule has 0 bridgehead atoms. The summed E-state index contributed by atoms with van der Waals surface area (Å²) in [5.74, 6) is 1.37. The van der Waals surface area contributed by atoms with Crippen LogP contribution in [-0.4, -0.2) is 40.2 Å². The smallest absolute Gasteiger partial charge is 0.269 e. The summed E-state index contributed by atoms with van der Waals surface area (Å²) in [6.45, 7) is 3.02. The van der Waals surface area contributed by atoms with Gasteiger partial charge in [0.05, 0.1) is 6.54 Å². The Hall–Kier alpha value is -2.34. The van der Waals surface area contributed by atoms with E-state index in [0.717, 1.165) is 16.5 Å². The average Bonchev–Trinajstić information content (AvgIpc) is 3.09. The van der Waals surface area contributed by atoms with E-state index in [1.807, 2.05) is 48.7 Å². The summed E-state index contributed by atoms with van der Waals surface area (Å²) in [6.07, 6.45) is 3.03. The number of para-hydroxylation sites is 1. The van der Waals surface area contributed by atoms with E-state index in [4.69, 9.17) is 4.74 Å². The van der Waals surface area contributed by atoms with Crippen molar-refractivity contribution in [1.29, 1.82) is 0 Å². The quantitative estimate of drug-likeness (QED) is 0.839. The molecule has 1 atom stereocenters. The lowest BCUT2D eigenvalue weighted by atomic mass is 10.3. The van der Waals surface area contributed by atoms with Gasteiger partial charge in [-0.2, -0.15) is 0 Å². The molecule has 0 saturated heterocycles. The van der Waals surface area contributed by atoms with Gasteiger partial charge in [0.15, 0.2) is 11.3 Å². The lowest BCUT2D eigenvalue weighted by molar-refractivity contribution is -0.133. The second kappa shape index (κ2) is 7.97. The van der Waals surface area contributed by atoms with E-state index in [9.17, 15) is 4.79 Å². The van der Waals surface area contributed by atoms with Crippen LogP contribution in [0.1, 0.15) is 12.5 Å². The van der Waals surface area contributed by atoms with Crippen LogP contribution in [0, 0.1) is 0 Å². The summed E-state index contributed by atoms with van der Waals surface area (Å²) in [5.41, 5.74) is 1.11. The van der Waals surface area contributed by atoms with E-state index in [0.29, 0.717) is 18.8 Å². The van der Waals surface area contributed by atoms with Crippen molar-refractivity contribution in [3.05, 3.63) is 60.4 Å². The number of benzene rings is 1. The molecule has 2 aromatic rings. The molecule has 1 aromatic heterocycles. The lowest BCUT2D eigenvalue weighted by Gasteiger charge is -2.22. The average molecular weight is 341 g/mol. The van der Waals surface area contributed by atoms with Crippen LogP contribution < -0.4 is 4.74 Å². The highest BCUT2D eigenvalue weighted by molar-refractivity contribution is 8.13. The van der Waals surface area contributed by atoms with Crippen LogP contribution in [0.15, 0.2) is 59.9 Å². The second-order valence-electron chi connectivity index (χ2n) is 5.38. The third kappa shape index (κ3) is 4.14. The molecule has 1 aromatic carbocycles. The van der Waals surface area contributed by atoms with Crippen LogP contribution in [0.4, 0.5) is 0 Å². The SMILES string of the molecule is CC(Oc1ccccc1)C(=O)N1CCN=C1SCc1cccnc1. The van der Waals surface area contributed by atoms with Crippen molar-refractivity contribution in [2.45, 2.75) is 18.8 Å². The van der Waals surface area contributed by atoms with Gasteiger partial charge in [0.2, 0.25) is 0 Å². The fourth-order valence-corrected chi connectivity index (χ4v) is 3.35. The number of aromatic nitrogens is 1. The van der Waals surface area contributed by atoms with Gasteiger partial charge in [-0.1, -0.05) is 36.0 Å². The Morgan fingerprint density at radius 1 is 1.29 bits per heavy atom. The number of pyridine rings is 1. The van der Waals surface area contributed by atoms with Crippen molar-refractivity contribution in [3.63, 3.8) is 0 Å². The molecule has 0 N–H and O–H groups in total. The van der Waals surface area contributed by atoms with Crippen molar-refractivity contribution >= 4 is 22.8 Å². The first kappa shape index (κ1) is 16.5. The minimum Gasteiger partial charge on any atom is -0.481 e. The van der Waals surface area contributed by atoms with E-state index >= 15 is 0 Å². The zero-order valence-electron chi connectivity index (χ0n) is 13.5. The normalized spacial score (nSPS) is 15.0. The van der Waals surface area contributed by atoms with E-state index in [-0.39, 0.29) is 5.91 Å². The Morgan fingerprint density at radius 2 is 2.12 bits per heavy atom. The maximum atomic E-state index is 12.7. The zero-order valence-corrected chi connectivity index (χ0v) is 14.3. The maximum absolute atomic E-state index is 12.7. The standard InChI is InChI=1S/C18H19N3O2S/c1-14(23-16-7-3-2-4-8-16)17(22)21-11-10-20-18(21)24-13-15-6-5-9-19-12-15/h2-9,12,14H,10-11,13H2,1H3. The summed E-state index contributed by atoms with van der Waals surface area (Å²) in [4.78, 5) is 22.9. The minimum atomic E-state index is -0.547. The topological polar surface area (TPSA) is 54.8 Å². The third-order valence-corrected chi connectivity index (χ3v) is 4.65. The number of hydrogen-bond donors (Lipinski definition) is 0. The highest BCUT2D eigenvalue weighted by Gasteiger charge is 2.29. The number of aliphatic imine (C=N–C) groups is 1. The molecule has 0 fully saturated rings. The first-order chi connectivity index (χ1) is 11.7. The molecular weight excluding hydrogens is 322 g/mol. The number of ether oxygens (including phenoxy) is 1. The Bertz CT molecular complexity index is 707. The molecular formula is C18H19N3O2S.